The molecule has 104 valence electrons. The van der Waals surface area contributed by atoms with Crippen LogP contribution < -0.4 is 5.32 Å². The highest BCUT2D eigenvalue weighted by atomic mass is 16.2. The van der Waals surface area contributed by atoms with Gasteiger partial charge in [0.2, 0.25) is 5.91 Å². The van der Waals surface area contributed by atoms with Crippen LogP contribution in [-0.2, 0) is 4.79 Å². The van der Waals surface area contributed by atoms with E-state index in [1.807, 2.05) is 0 Å². The smallest absolute Gasteiger partial charge is 0.244 e. The van der Waals surface area contributed by atoms with Crippen LogP contribution >= 0.6 is 0 Å². The number of carbonyl (C=O) groups excluding carboxylic acids is 1. The molecule has 1 spiro atoms. The summed E-state index contributed by atoms with van der Waals surface area (Å²) in [6.45, 7) is 5.37. The van der Waals surface area contributed by atoms with E-state index in [-0.39, 0.29) is 5.54 Å². The summed E-state index contributed by atoms with van der Waals surface area (Å²) in [6, 6.07) is 0. The van der Waals surface area contributed by atoms with E-state index in [0.29, 0.717) is 12.1 Å². The van der Waals surface area contributed by atoms with E-state index < -0.39 is 0 Å². The average Bonchev–Trinajstić information content (AvgIpc) is 3.10. The first-order valence-electron chi connectivity index (χ1n) is 7.82. The number of rotatable bonds is 8. The van der Waals surface area contributed by atoms with Crippen LogP contribution in [0, 0.1) is 0 Å². The fraction of sp³-hybridized carbons (Fsp3) is 0.933. The average molecular weight is 252 g/mol. The summed E-state index contributed by atoms with van der Waals surface area (Å²) in [5.74, 6) is 0.378. The quantitative estimate of drug-likeness (QED) is 0.673. The number of unbranched alkanes of at least 4 members (excludes halogenated alkanes) is 5. The Morgan fingerprint density at radius 3 is 2.44 bits per heavy atom. The number of hydrogen-bond acceptors (Lipinski definition) is 2. The molecule has 1 saturated carbocycles. The molecule has 1 heterocycles. The minimum absolute atomic E-state index is 0.122. The summed E-state index contributed by atoms with van der Waals surface area (Å²) in [4.78, 5) is 14.4. The Morgan fingerprint density at radius 1 is 1.17 bits per heavy atom. The van der Waals surface area contributed by atoms with E-state index in [4.69, 9.17) is 0 Å². The second-order valence-electron chi connectivity index (χ2n) is 5.92. The minimum atomic E-state index is -0.122. The summed E-state index contributed by atoms with van der Waals surface area (Å²) >= 11 is 0. The molecular weight excluding hydrogens is 224 g/mol. The van der Waals surface area contributed by atoms with E-state index in [0.717, 1.165) is 25.8 Å². The standard InChI is InChI=1S/C15H28N2O/c1-3-5-6-7-8-9-12-17-13(4-2)16-15(10-11-15)14(17)18/h13,16H,3-12H2,1-2H3. The Bertz CT molecular complexity index is 286. The van der Waals surface area contributed by atoms with E-state index in [2.05, 4.69) is 24.1 Å². The molecular formula is C15H28N2O. The minimum Gasteiger partial charge on any atom is -0.326 e. The van der Waals surface area contributed by atoms with Gasteiger partial charge in [0.25, 0.3) is 0 Å². The number of carbonyl (C=O) groups is 1. The maximum atomic E-state index is 12.3. The maximum absolute atomic E-state index is 12.3. The van der Waals surface area contributed by atoms with Crippen molar-refractivity contribution in [1.29, 1.82) is 0 Å². The monoisotopic (exact) mass is 252 g/mol. The van der Waals surface area contributed by atoms with Gasteiger partial charge in [-0.05, 0) is 25.7 Å². The molecule has 0 radical (unpaired) electrons. The van der Waals surface area contributed by atoms with Crippen molar-refractivity contribution in [3.05, 3.63) is 0 Å². The Hall–Kier alpha value is -0.570. The van der Waals surface area contributed by atoms with Gasteiger partial charge >= 0.3 is 0 Å². The highest BCUT2D eigenvalue weighted by molar-refractivity contribution is 5.91. The summed E-state index contributed by atoms with van der Waals surface area (Å²) < 4.78 is 0. The van der Waals surface area contributed by atoms with Gasteiger partial charge in [-0.2, -0.15) is 0 Å². The molecule has 18 heavy (non-hydrogen) atoms. The number of hydrogen-bond donors (Lipinski definition) is 1. The number of amides is 1. The molecule has 0 aromatic carbocycles. The SMILES string of the molecule is CCCCCCCCN1C(=O)C2(CC2)NC1CC. The van der Waals surface area contributed by atoms with E-state index in [1.54, 1.807) is 0 Å². The lowest BCUT2D eigenvalue weighted by Gasteiger charge is -2.22. The van der Waals surface area contributed by atoms with Gasteiger partial charge in [0.1, 0.15) is 0 Å². The lowest BCUT2D eigenvalue weighted by atomic mass is 10.1. The van der Waals surface area contributed by atoms with Crippen molar-refractivity contribution < 1.29 is 4.79 Å². The van der Waals surface area contributed by atoms with E-state index in [9.17, 15) is 4.79 Å². The Balaban J connectivity index is 1.69. The first-order valence-corrected chi connectivity index (χ1v) is 7.82. The van der Waals surface area contributed by atoms with Gasteiger partial charge in [-0.3, -0.25) is 10.1 Å². The van der Waals surface area contributed by atoms with Gasteiger partial charge in [-0.15, -0.1) is 0 Å². The lowest BCUT2D eigenvalue weighted by molar-refractivity contribution is -0.130. The van der Waals surface area contributed by atoms with Gasteiger partial charge in [-0.25, -0.2) is 0 Å². The van der Waals surface area contributed by atoms with Crippen molar-refractivity contribution >= 4 is 5.91 Å². The molecule has 1 atom stereocenters. The molecule has 3 heteroatoms. The van der Waals surface area contributed by atoms with Crippen molar-refractivity contribution in [2.75, 3.05) is 6.54 Å². The van der Waals surface area contributed by atoms with Gasteiger partial charge in [0.15, 0.2) is 0 Å². The molecule has 1 aliphatic carbocycles. The van der Waals surface area contributed by atoms with Crippen molar-refractivity contribution in [3.63, 3.8) is 0 Å². The van der Waals surface area contributed by atoms with Gasteiger partial charge < -0.3 is 4.90 Å². The number of nitrogens with zero attached hydrogens (tertiary/aromatic N) is 1. The van der Waals surface area contributed by atoms with Crippen LogP contribution in [0.1, 0.15) is 71.6 Å². The third kappa shape index (κ3) is 2.87. The second kappa shape index (κ2) is 6.05. The highest BCUT2D eigenvalue weighted by Crippen LogP contribution is 2.42. The first kappa shape index (κ1) is 13.9. The Morgan fingerprint density at radius 2 is 1.83 bits per heavy atom. The molecule has 1 aliphatic heterocycles. The normalized spacial score (nSPS) is 25.1. The predicted octanol–water partition coefficient (Wildman–Crippen LogP) is 3.05. The third-order valence-electron chi connectivity index (χ3n) is 4.38. The zero-order valence-electron chi connectivity index (χ0n) is 12.0. The van der Waals surface area contributed by atoms with E-state index >= 15 is 0 Å². The van der Waals surface area contributed by atoms with Crippen molar-refractivity contribution in [3.8, 4) is 0 Å². The molecule has 1 amide bonds. The molecule has 3 nitrogen and oxygen atoms in total. The summed E-state index contributed by atoms with van der Waals surface area (Å²) in [6.07, 6.45) is 11.2. The van der Waals surface area contributed by atoms with Crippen molar-refractivity contribution in [1.82, 2.24) is 10.2 Å². The predicted molar refractivity (Wildman–Crippen MR) is 74.3 cm³/mol. The van der Waals surface area contributed by atoms with Crippen LogP contribution in [0.4, 0.5) is 0 Å². The molecule has 0 aromatic heterocycles. The summed E-state index contributed by atoms with van der Waals surface area (Å²) in [5, 5.41) is 3.53. The molecule has 2 fully saturated rings. The molecule has 0 aromatic rings. The summed E-state index contributed by atoms with van der Waals surface area (Å²) in [5.41, 5.74) is -0.122. The van der Waals surface area contributed by atoms with Crippen molar-refractivity contribution in [2.24, 2.45) is 0 Å². The van der Waals surface area contributed by atoms with Crippen LogP contribution in [0.3, 0.4) is 0 Å². The lowest BCUT2D eigenvalue weighted by Crippen LogP contribution is -2.37. The van der Waals surface area contributed by atoms with Crippen LogP contribution in [0.2, 0.25) is 0 Å². The molecule has 1 N–H and O–H groups in total. The van der Waals surface area contributed by atoms with Gasteiger partial charge in [-0.1, -0.05) is 46.0 Å². The highest BCUT2D eigenvalue weighted by Gasteiger charge is 2.58. The van der Waals surface area contributed by atoms with Crippen LogP contribution in [-0.4, -0.2) is 29.1 Å². The maximum Gasteiger partial charge on any atom is 0.244 e. The molecule has 1 unspecified atom stereocenters. The zero-order chi connectivity index (χ0) is 13.0. The topological polar surface area (TPSA) is 32.3 Å². The number of nitrogens with one attached hydrogen (secondary N) is 1. The Labute approximate surface area is 111 Å². The van der Waals surface area contributed by atoms with E-state index in [1.165, 1.54) is 38.5 Å². The molecule has 0 bridgehead atoms. The van der Waals surface area contributed by atoms with Crippen molar-refractivity contribution in [2.45, 2.75) is 83.3 Å². The fourth-order valence-corrected chi connectivity index (χ4v) is 3.00. The van der Waals surface area contributed by atoms with Gasteiger partial charge in [0.05, 0.1) is 11.7 Å². The molecule has 1 saturated heterocycles. The third-order valence-corrected chi connectivity index (χ3v) is 4.38. The van der Waals surface area contributed by atoms with Gasteiger partial charge in [0, 0.05) is 6.54 Å². The second-order valence-corrected chi connectivity index (χ2v) is 5.92. The van der Waals surface area contributed by atoms with Crippen LogP contribution in [0.25, 0.3) is 0 Å². The molecule has 2 rings (SSSR count). The fourth-order valence-electron chi connectivity index (χ4n) is 3.00. The zero-order valence-corrected chi connectivity index (χ0v) is 12.0. The van der Waals surface area contributed by atoms with Crippen LogP contribution in [0.5, 0.6) is 0 Å². The largest absolute Gasteiger partial charge is 0.326 e. The first-order chi connectivity index (χ1) is 8.73. The molecule has 2 aliphatic rings. The van der Waals surface area contributed by atoms with Crippen LogP contribution in [0.15, 0.2) is 0 Å². The Kier molecular flexibility index (Phi) is 4.66. The summed E-state index contributed by atoms with van der Waals surface area (Å²) in [7, 11) is 0.